The third-order valence-electron chi connectivity index (χ3n) is 3.01. The number of nitrogens with one attached hydrogen (secondary N) is 2. The summed E-state index contributed by atoms with van der Waals surface area (Å²) >= 11 is 2.87. The second kappa shape index (κ2) is 9.48. The molecule has 24 heavy (non-hydrogen) atoms. The summed E-state index contributed by atoms with van der Waals surface area (Å²) < 4.78 is 6.17. The highest BCUT2D eigenvalue weighted by atomic mass is 32.2. The van der Waals surface area contributed by atoms with Crippen molar-refractivity contribution in [1.29, 1.82) is 0 Å². The van der Waals surface area contributed by atoms with Crippen molar-refractivity contribution in [3.8, 4) is 5.75 Å². The minimum absolute atomic E-state index is 0.0672. The second-order valence-corrected chi connectivity index (χ2v) is 7.57. The molecule has 0 aliphatic carbocycles. The first-order chi connectivity index (χ1) is 11.6. The van der Waals surface area contributed by atoms with Crippen LogP contribution in [0.4, 0.5) is 10.8 Å². The molecular weight excluding hydrogens is 344 g/mol. The lowest BCUT2D eigenvalue weighted by Gasteiger charge is -2.11. The van der Waals surface area contributed by atoms with Gasteiger partial charge in [0, 0.05) is 12.2 Å². The van der Waals surface area contributed by atoms with Gasteiger partial charge in [0.1, 0.15) is 5.75 Å². The van der Waals surface area contributed by atoms with Crippen molar-refractivity contribution in [1.82, 2.24) is 10.2 Å². The van der Waals surface area contributed by atoms with E-state index in [4.69, 9.17) is 4.74 Å². The number of carbonyl (C=O) groups excluding carboxylic acids is 1. The second-order valence-electron chi connectivity index (χ2n) is 5.01. The summed E-state index contributed by atoms with van der Waals surface area (Å²) in [6.45, 7) is 7.38. The Morgan fingerprint density at radius 1 is 1.29 bits per heavy atom. The number of nitrogens with zero attached hydrogens (tertiary/aromatic N) is 2. The summed E-state index contributed by atoms with van der Waals surface area (Å²) in [5, 5.41) is 14.8. The lowest BCUT2D eigenvalue weighted by atomic mass is 10.3. The van der Waals surface area contributed by atoms with Gasteiger partial charge in [0.05, 0.1) is 11.9 Å². The number of thioether (sulfide) groups is 1. The van der Waals surface area contributed by atoms with Crippen LogP contribution in [0.5, 0.6) is 5.75 Å². The minimum atomic E-state index is -0.261. The molecule has 2 aromatic rings. The van der Waals surface area contributed by atoms with Crippen molar-refractivity contribution in [2.75, 3.05) is 23.8 Å². The number of carbonyl (C=O) groups is 1. The summed E-state index contributed by atoms with van der Waals surface area (Å²) in [7, 11) is 0. The standard InChI is InChI=1S/C16H22N4O2S2/c1-4-10-17-15-19-20-16(24-15)23-11(3)14(21)18-12-6-8-13(9-7-12)22-5-2/h6-9,11H,4-5,10H2,1-3H3,(H,17,19)(H,18,21)/t11-/m1/s1. The molecule has 8 heteroatoms. The maximum atomic E-state index is 12.3. The SMILES string of the molecule is CCCNc1nnc(S[C@H](C)C(=O)Nc2ccc(OCC)cc2)s1. The highest BCUT2D eigenvalue weighted by Gasteiger charge is 2.17. The summed E-state index contributed by atoms with van der Waals surface area (Å²) in [4.78, 5) is 12.3. The Morgan fingerprint density at radius 3 is 2.71 bits per heavy atom. The molecule has 1 aromatic carbocycles. The number of ether oxygens (including phenoxy) is 1. The zero-order valence-electron chi connectivity index (χ0n) is 14.0. The monoisotopic (exact) mass is 366 g/mol. The predicted molar refractivity (Wildman–Crippen MR) is 100 cm³/mol. The Bertz CT molecular complexity index is 646. The van der Waals surface area contributed by atoms with Crippen molar-refractivity contribution in [3.05, 3.63) is 24.3 Å². The van der Waals surface area contributed by atoms with Crippen molar-refractivity contribution in [2.24, 2.45) is 0 Å². The summed E-state index contributed by atoms with van der Waals surface area (Å²) in [6.07, 6.45) is 1.03. The fraction of sp³-hybridized carbons (Fsp3) is 0.438. The van der Waals surface area contributed by atoms with Crippen LogP contribution in [0, 0.1) is 0 Å². The van der Waals surface area contributed by atoms with E-state index in [-0.39, 0.29) is 11.2 Å². The van der Waals surface area contributed by atoms with E-state index in [1.54, 1.807) is 0 Å². The average molecular weight is 367 g/mol. The topological polar surface area (TPSA) is 76.1 Å². The van der Waals surface area contributed by atoms with Crippen LogP contribution in [-0.2, 0) is 4.79 Å². The van der Waals surface area contributed by atoms with Gasteiger partial charge in [-0.05, 0) is 44.5 Å². The van der Waals surface area contributed by atoms with Crippen molar-refractivity contribution < 1.29 is 9.53 Å². The first kappa shape index (κ1) is 18.5. The van der Waals surface area contributed by atoms with Gasteiger partial charge in [-0.1, -0.05) is 30.0 Å². The van der Waals surface area contributed by atoms with E-state index in [0.717, 1.165) is 33.9 Å². The fourth-order valence-electron chi connectivity index (χ4n) is 1.81. The van der Waals surface area contributed by atoms with Crippen molar-refractivity contribution in [3.63, 3.8) is 0 Å². The zero-order chi connectivity index (χ0) is 17.4. The third kappa shape index (κ3) is 5.68. The summed E-state index contributed by atoms with van der Waals surface area (Å²) in [6, 6.07) is 7.34. The maximum absolute atomic E-state index is 12.3. The van der Waals surface area contributed by atoms with Crippen LogP contribution in [-0.4, -0.2) is 34.5 Å². The van der Waals surface area contributed by atoms with E-state index in [2.05, 4.69) is 27.8 Å². The highest BCUT2D eigenvalue weighted by Crippen LogP contribution is 2.29. The van der Waals surface area contributed by atoms with Crippen molar-refractivity contribution >= 4 is 39.8 Å². The molecule has 0 aliphatic heterocycles. The number of benzene rings is 1. The molecule has 1 atom stereocenters. The molecule has 2 N–H and O–H groups in total. The molecule has 130 valence electrons. The average Bonchev–Trinajstić information content (AvgIpc) is 3.02. The lowest BCUT2D eigenvalue weighted by Crippen LogP contribution is -2.22. The number of aromatic nitrogens is 2. The first-order valence-corrected chi connectivity index (χ1v) is 9.59. The molecule has 1 amide bonds. The van der Waals surface area contributed by atoms with E-state index >= 15 is 0 Å². The van der Waals surface area contributed by atoms with Gasteiger partial charge >= 0.3 is 0 Å². The van der Waals surface area contributed by atoms with E-state index in [0.29, 0.717) is 6.61 Å². The lowest BCUT2D eigenvalue weighted by molar-refractivity contribution is -0.115. The Kier molecular flexibility index (Phi) is 7.33. The number of anilines is 2. The zero-order valence-corrected chi connectivity index (χ0v) is 15.7. The number of amides is 1. The molecule has 1 heterocycles. The van der Waals surface area contributed by atoms with Gasteiger partial charge < -0.3 is 15.4 Å². The van der Waals surface area contributed by atoms with Crippen LogP contribution in [0.2, 0.25) is 0 Å². The molecule has 0 bridgehead atoms. The summed E-state index contributed by atoms with van der Waals surface area (Å²) in [5.74, 6) is 0.723. The molecule has 6 nitrogen and oxygen atoms in total. The normalized spacial score (nSPS) is 11.8. The van der Waals surface area contributed by atoms with Crippen LogP contribution >= 0.6 is 23.1 Å². The number of hydrogen-bond donors (Lipinski definition) is 2. The smallest absolute Gasteiger partial charge is 0.237 e. The Morgan fingerprint density at radius 2 is 2.04 bits per heavy atom. The van der Waals surface area contributed by atoms with Gasteiger partial charge in [-0.15, -0.1) is 10.2 Å². The fourth-order valence-corrected chi connectivity index (χ4v) is 3.73. The molecule has 0 saturated heterocycles. The number of hydrogen-bond acceptors (Lipinski definition) is 7. The van der Waals surface area contributed by atoms with Gasteiger partial charge in [0.25, 0.3) is 0 Å². The first-order valence-electron chi connectivity index (χ1n) is 7.90. The Labute approximate surface area is 150 Å². The number of rotatable bonds is 9. The van der Waals surface area contributed by atoms with E-state index < -0.39 is 0 Å². The van der Waals surface area contributed by atoms with Crippen LogP contribution in [0.3, 0.4) is 0 Å². The quantitative estimate of drug-likeness (QED) is 0.656. The third-order valence-corrected chi connectivity index (χ3v) is 5.08. The Hall–Kier alpha value is -1.80. The molecular formula is C16H22N4O2S2. The minimum Gasteiger partial charge on any atom is -0.494 e. The van der Waals surface area contributed by atoms with E-state index in [1.165, 1.54) is 23.1 Å². The van der Waals surface area contributed by atoms with Gasteiger partial charge in [0.2, 0.25) is 11.0 Å². The van der Waals surface area contributed by atoms with Gasteiger partial charge in [0.15, 0.2) is 4.34 Å². The molecule has 0 radical (unpaired) electrons. The maximum Gasteiger partial charge on any atom is 0.237 e. The van der Waals surface area contributed by atoms with Crippen LogP contribution in [0.1, 0.15) is 27.2 Å². The van der Waals surface area contributed by atoms with Gasteiger partial charge in [-0.3, -0.25) is 4.79 Å². The molecule has 0 fully saturated rings. The molecule has 0 unspecified atom stereocenters. The largest absolute Gasteiger partial charge is 0.494 e. The molecule has 0 spiro atoms. The van der Waals surface area contributed by atoms with E-state index in [1.807, 2.05) is 38.1 Å². The Balaban J connectivity index is 1.86. The van der Waals surface area contributed by atoms with Crippen LogP contribution in [0.15, 0.2) is 28.6 Å². The molecule has 0 aliphatic rings. The van der Waals surface area contributed by atoms with Gasteiger partial charge in [-0.25, -0.2) is 0 Å². The summed E-state index contributed by atoms with van der Waals surface area (Å²) in [5.41, 5.74) is 0.749. The highest BCUT2D eigenvalue weighted by molar-refractivity contribution is 8.02. The predicted octanol–water partition coefficient (Wildman–Crippen LogP) is 3.88. The van der Waals surface area contributed by atoms with Crippen molar-refractivity contribution in [2.45, 2.75) is 36.8 Å². The molecule has 0 saturated carbocycles. The van der Waals surface area contributed by atoms with Gasteiger partial charge in [-0.2, -0.15) is 0 Å². The van der Waals surface area contributed by atoms with Crippen LogP contribution < -0.4 is 15.4 Å². The molecule has 1 aromatic heterocycles. The van der Waals surface area contributed by atoms with Crippen LogP contribution in [0.25, 0.3) is 0 Å². The molecule has 2 rings (SSSR count). The van der Waals surface area contributed by atoms with E-state index in [9.17, 15) is 4.79 Å².